The van der Waals surface area contributed by atoms with E-state index in [9.17, 15) is 14.4 Å². The lowest BCUT2D eigenvalue weighted by Crippen LogP contribution is -2.50. The van der Waals surface area contributed by atoms with E-state index in [0.717, 1.165) is 12.8 Å². The van der Waals surface area contributed by atoms with E-state index in [4.69, 9.17) is 9.84 Å². The summed E-state index contributed by atoms with van der Waals surface area (Å²) in [6.07, 6.45) is 1.56. The summed E-state index contributed by atoms with van der Waals surface area (Å²) in [5.74, 6) is -1.91. The van der Waals surface area contributed by atoms with Crippen LogP contribution in [0.1, 0.15) is 26.2 Å². The van der Waals surface area contributed by atoms with Crippen LogP contribution in [-0.2, 0) is 14.3 Å². The molecule has 20 heavy (non-hydrogen) atoms. The van der Waals surface area contributed by atoms with Crippen LogP contribution in [0.25, 0.3) is 0 Å². The second-order valence-electron chi connectivity index (χ2n) is 5.28. The van der Waals surface area contributed by atoms with Crippen LogP contribution in [0.15, 0.2) is 0 Å². The Labute approximate surface area is 117 Å². The van der Waals surface area contributed by atoms with Crippen molar-refractivity contribution in [1.29, 1.82) is 0 Å². The molecule has 1 saturated carbocycles. The van der Waals surface area contributed by atoms with Gasteiger partial charge >= 0.3 is 12.1 Å². The summed E-state index contributed by atoms with van der Waals surface area (Å²) in [6, 6.07) is -0.117. The van der Waals surface area contributed by atoms with Crippen LogP contribution in [0, 0.1) is 11.8 Å². The number of alkyl carbamates (subject to hydrolysis) is 1. The van der Waals surface area contributed by atoms with Crippen molar-refractivity contribution in [3.05, 3.63) is 0 Å². The highest BCUT2D eigenvalue weighted by Crippen LogP contribution is 2.40. The van der Waals surface area contributed by atoms with E-state index in [1.807, 2.05) is 0 Å². The van der Waals surface area contributed by atoms with E-state index in [0.29, 0.717) is 26.1 Å². The second kappa shape index (κ2) is 6.11. The van der Waals surface area contributed by atoms with Gasteiger partial charge in [-0.2, -0.15) is 0 Å². The maximum atomic E-state index is 12.2. The van der Waals surface area contributed by atoms with Gasteiger partial charge < -0.3 is 20.1 Å². The third kappa shape index (κ3) is 3.40. The van der Waals surface area contributed by atoms with Crippen LogP contribution in [0.4, 0.5) is 4.79 Å². The molecule has 2 aliphatic rings. The summed E-state index contributed by atoms with van der Waals surface area (Å²) < 4.78 is 4.82. The molecule has 1 aliphatic heterocycles. The van der Waals surface area contributed by atoms with Crippen LogP contribution in [-0.4, -0.2) is 53.7 Å². The number of hydrogen-bond donors (Lipinski definition) is 2. The van der Waals surface area contributed by atoms with Crippen molar-refractivity contribution in [3.63, 3.8) is 0 Å². The Morgan fingerprint density at radius 3 is 2.70 bits per heavy atom. The molecule has 0 radical (unpaired) electrons. The number of amides is 2. The van der Waals surface area contributed by atoms with E-state index in [2.05, 4.69) is 5.32 Å². The normalized spacial score (nSPS) is 28.6. The molecule has 0 spiro atoms. The largest absolute Gasteiger partial charge is 0.481 e. The molecule has 7 nitrogen and oxygen atoms in total. The van der Waals surface area contributed by atoms with Crippen molar-refractivity contribution in [2.45, 2.75) is 32.2 Å². The number of nitrogens with one attached hydrogen (secondary N) is 1. The maximum Gasteiger partial charge on any atom is 0.407 e. The Hall–Kier alpha value is -1.79. The van der Waals surface area contributed by atoms with Crippen molar-refractivity contribution >= 4 is 18.0 Å². The van der Waals surface area contributed by atoms with Crippen LogP contribution in [0.5, 0.6) is 0 Å². The lowest BCUT2D eigenvalue weighted by atomic mass is 10.1. The Bertz CT molecular complexity index is 412. The average molecular weight is 284 g/mol. The molecule has 112 valence electrons. The highest BCUT2D eigenvalue weighted by molar-refractivity contribution is 5.89. The topological polar surface area (TPSA) is 95.9 Å². The zero-order valence-electron chi connectivity index (χ0n) is 11.5. The quantitative estimate of drug-likeness (QED) is 0.781. The van der Waals surface area contributed by atoms with E-state index in [-0.39, 0.29) is 17.9 Å². The number of carboxylic acid groups (broad SMARTS) is 1. The third-order valence-electron chi connectivity index (χ3n) is 3.76. The number of carboxylic acids is 1. The molecule has 0 bridgehead atoms. The molecule has 7 heteroatoms. The van der Waals surface area contributed by atoms with Crippen molar-refractivity contribution < 1.29 is 24.2 Å². The molecule has 2 amide bonds. The van der Waals surface area contributed by atoms with Crippen LogP contribution < -0.4 is 5.32 Å². The number of carbonyl (C=O) groups excluding carboxylic acids is 2. The number of ether oxygens (including phenoxy) is 1. The summed E-state index contributed by atoms with van der Waals surface area (Å²) in [7, 11) is 0. The molecule has 3 unspecified atom stereocenters. The monoisotopic (exact) mass is 284 g/mol. The highest BCUT2D eigenvalue weighted by Gasteiger charge is 2.50. The second-order valence-corrected chi connectivity index (χ2v) is 5.28. The zero-order valence-corrected chi connectivity index (χ0v) is 11.5. The Kier molecular flexibility index (Phi) is 4.46. The van der Waals surface area contributed by atoms with Crippen molar-refractivity contribution in [1.82, 2.24) is 10.2 Å². The molecular formula is C13H20N2O5. The van der Waals surface area contributed by atoms with Gasteiger partial charge in [-0.15, -0.1) is 0 Å². The van der Waals surface area contributed by atoms with Crippen LogP contribution in [0.2, 0.25) is 0 Å². The summed E-state index contributed by atoms with van der Waals surface area (Å²) >= 11 is 0. The first-order chi connectivity index (χ1) is 9.52. The number of piperidine rings is 1. The standard InChI is InChI=1S/C13H20N2O5/c1-2-20-13(19)14-8-4-3-5-15(7-8)11(16)9-6-10(9)12(17)18/h8-10H,2-7H2,1H3,(H,14,19)(H,17,18). The van der Waals surface area contributed by atoms with E-state index in [1.54, 1.807) is 11.8 Å². The van der Waals surface area contributed by atoms with Gasteiger partial charge in [0.25, 0.3) is 0 Å². The first-order valence-electron chi connectivity index (χ1n) is 6.97. The van der Waals surface area contributed by atoms with Crippen LogP contribution >= 0.6 is 0 Å². The molecule has 0 aromatic carbocycles. The number of hydrogen-bond acceptors (Lipinski definition) is 4. The Morgan fingerprint density at radius 1 is 1.35 bits per heavy atom. The minimum Gasteiger partial charge on any atom is -0.481 e. The third-order valence-corrected chi connectivity index (χ3v) is 3.76. The van der Waals surface area contributed by atoms with Gasteiger partial charge in [0, 0.05) is 19.1 Å². The Balaban J connectivity index is 1.83. The molecule has 1 heterocycles. The molecule has 1 saturated heterocycles. The van der Waals surface area contributed by atoms with Gasteiger partial charge in [0.2, 0.25) is 5.91 Å². The van der Waals surface area contributed by atoms with Crippen molar-refractivity contribution in [2.24, 2.45) is 11.8 Å². The molecular weight excluding hydrogens is 264 g/mol. The maximum absolute atomic E-state index is 12.2. The fourth-order valence-electron chi connectivity index (χ4n) is 2.61. The lowest BCUT2D eigenvalue weighted by molar-refractivity contribution is -0.142. The van der Waals surface area contributed by atoms with Gasteiger partial charge in [-0.05, 0) is 26.2 Å². The smallest absolute Gasteiger partial charge is 0.407 e. The summed E-state index contributed by atoms with van der Waals surface area (Å²) in [5, 5.41) is 11.6. The number of carbonyl (C=O) groups is 3. The van der Waals surface area contributed by atoms with Crippen molar-refractivity contribution in [3.8, 4) is 0 Å². The van der Waals surface area contributed by atoms with Gasteiger partial charge in [0.1, 0.15) is 0 Å². The highest BCUT2D eigenvalue weighted by atomic mass is 16.5. The SMILES string of the molecule is CCOC(=O)NC1CCCN(C(=O)C2CC2C(=O)O)C1. The molecule has 0 aromatic heterocycles. The summed E-state index contributed by atoms with van der Waals surface area (Å²) in [6.45, 7) is 3.10. The fraction of sp³-hybridized carbons (Fsp3) is 0.769. The number of likely N-dealkylation sites (tertiary alicyclic amines) is 1. The predicted octanol–water partition coefficient (Wildman–Crippen LogP) is 0.444. The number of nitrogens with zero attached hydrogens (tertiary/aromatic N) is 1. The van der Waals surface area contributed by atoms with Gasteiger partial charge in [0.05, 0.1) is 18.4 Å². The van der Waals surface area contributed by atoms with E-state index >= 15 is 0 Å². The molecule has 1 aliphatic carbocycles. The van der Waals surface area contributed by atoms with Gasteiger partial charge in [-0.1, -0.05) is 0 Å². The average Bonchev–Trinajstić information content (AvgIpc) is 3.18. The first-order valence-corrected chi connectivity index (χ1v) is 6.97. The van der Waals surface area contributed by atoms with Gasteiger partial charge in [-0.25, -0.2) is 4.79 Å². The minimum atomic E-state index is -0.901. The number of rotatable bonds is 4. The number of aliphatic carboxylic acids is 1. The summed E-state index contributed by atoms with van der Waals surface area (Å²) in [5.41, 5.74) is 0. The molecule has 2 rings (SSSR count). The molecule has 3 atom stereocenters. The van der Waals surface area contributed by atoms with Gasteiger partial charge in [0.15, 0.2) is 0 Å². The zero-order chi connectivity index (χ0) is 14.7. The van der Waals surface area contributed by atoms with Gasteiger partial charge in [-0.3, -0.25) is 9.59 Å². The summed E-state index contributed by atoms with van der Waals surface area (Å²) in [4.78, 5) is 36.0. The predicted molar refractivity (Wildman–Crippen MR) is 69.0 cm³/mol. The minimum absolute atomic E-state index is 0.104. The fourth-order valence-corrected chi connectivity index (χ4v) is 2.61. The first kappa shape index (κ1) is 14.6. The van der Waals surface area contributed by atoms with E-state index in [1.165, 1.54) is 0 Å². The molecule has 2 N–H and O–H groups in total. The molecule has 2 fully saturated rings. The molecule has 0 aromatic rings. The van der Waals surface area contributed by atoms with E-state index < -0.39 is 18.0 Å². The lowest BCUT2D eigenvalue weighted by Gasteiger charge is -2.33. The Morgan fingerprint density at radius 2 is 2.10 bits per heavy atom. The van der Waals surface area contributed by atoms with Crippen LogP contribution in [0.3, 0.4) is 0 Å². The van der Waals surface area contributed by atoms with Crippen molar-refractivity contribution in [2.75, 3.05) is 19.7 Å².